The molecule has 3 nitrogen and oxygen atoms in total. The van der Waals surface area contributed by atoms with Gasteiger partial charge in [0.2, 0.25) is 0 Å². The predicted molar refractivity (Wildman–Crippen MR) is 108 cm³/mol. The van der Waals surface area contributed by atoms with Crippen molar-refractivity contribution in [2.75, 3.05) is 13.2 Å². The van der Waals surface area contributed by atoms with Gasteiger partial charge in [0.25, 0.3) is 0 Å². The second-order valence-corrected chi connectivity index (χ2v) is 8.64. The number of aryl methyl sites for hydroxylation is 1. The largest absolute Gasteiger partial charge is 0.394 e. The number of nitrogens with two attached hydrogens (primary N) is 1. The van der Waals surface area contributed by atoms with Crippen molar-refractivity contribution in [2.24, 2.45) is 5.73 Å². The van der Waals surface area contributed by atoms with Crippen molar-refractivity contribution in [3.8, 4) is 0 Å². The summed E-state index contributed by atoms with van der Waals surface area (Å²) in [6.07, 6.45) is 13.2. The Morgan fingerprint density at radius 1 is 1.15 bits per heavy atom. The number of hydrogen-bond acceptors (Lipinski definition) is 3. The zero-order valence-corrected chi connectivity index (χ0v) is 16.5. The van der Waals surface area contributed by atoms with E-state index in [4.69, 9.17) is 10.5 Å². The van der Waals surface area contributed by atoms with Crippen molar-refractivity contribution in [1.82, 2.24) is 0 Å². The van der Waals surface area contributed by atoms with Crippen LogP contribution in [0.4, 0.5) is 0 Å². The number of ether oxygens (including phenoxy) is 1. The number of aliphatic hydroxyl groups excluding tert-OH is 1. The number of rotatable bonds is 9. The monoisotopic (exact) mass is 359 g/mol. The van der Waals surface area contributed by atoms with Gasteiger partial charge in [0.05, 0.1) is 12.7 Å². The van der Waals surface area contributed by atoms with E-state index in [1.807, 2.05) is 0 Å². The van der Waals surface area contributed by atoms with E-state index < -0.39 is 0 Å². The van der Waals surface area contributed by atoms with Gasteiger partial charge in [-0.3, -0.25) is 0 Å². The van der Waals surface area contributed by atoms with E-state index in [2.05, 4.69) is 25.1 Å². The molecule has 1 fully saturated rings. The molecule has 1 saturated carbocycles. The van der Waals surface area contributed by atoms with Crippen LogP contribution in [0.3, 0.4) is 0 Å². The van der Waals surface area contributed by atoms with Gasteiger partial charge in [-0.15, -0.1) is 0 Å². The molecule has 2 aliphatic rings. The Labute approximate surface area is 159 Å². The van der Waals surface area contributed by atoms with E-state index in [1.54, 1.807) is 0 Å². The van der Waals surface area contributed by atoms with Gasteiger partial charge in [-0.1, -0.05) is 50.8 Å². The highest BCUT2D eigenvalue weighted by Gasteiger charge is 2.36. The Morgan fingerprint density at radius 2 is 2.00 bits per heavy atom. The van der Waals surface area contributed by atoms with Gasteiger partial charge in [0.15, 0.2) is 0 Å². The SMILES string of the molecule is CCCCCCCOC1CCc2cc([C@H]3CC[C@](N)(CO)C3)ccc2C1. The van der Waals surface area contributed by atoms with Crippen LogP contribution in [-0.2, 0) is 17.6 Å². The van der Waals surface area contributed by atoms with Crippen LogP contribution in [0.1, 0.15) is 87.3 Å². The summed E-state index contributed by atoms with van der Waals surface area (Å²) in [6.45, 7) is 3.28. The molecule has 1 aromatic rings. The molecule has 26 heavy (non-hydrogen) atoms. The first-order valence-electron chi connectivity index (χ1n) is 10.8. The number of hydrogen-bond donors (Lipinski definition) is 2. The van der Waals surface area contributed by atoms with Crippen molar-refractivity contribution in [1.29, 1.82) is 0 Å². The molecule has 0 spiro atoms. The summed E-state index contributed by atoms with van der Waals surface area (Å²) in [7, 11) is 0. The van der Waals surface area contributed by atoms with Gasteiger partial charge in [0, 0.05) is 12.1 Å². The minimum absolute atomic E-state index is 0.103. The Morgan fingerprint density at radius 3 is 2.77 bits per heavy atom. The molecule has 1 unspecified atom stereocenters. The average Bonchev–Trinajstić information content (AvgIpc) is 3.07. The fourth-order valence-corrected chi connectivity index (χ4v) is 4.68. The summed E-state index contributed by atoms with van der Waals surface area (Å²) >= 11 is 0. The van der Waals surface area contributed by atoms with E-state index >= 15 is 0 Å². The van der Waals surface area contributed by atoms with Crippen molar-refractivity contribution in [2.45, 2.75) is 95.1 Å². The molecule has 146 valence electrons. The van der Waals surface area contributed by atoms with Gasteiger partial charge in [-0.25, -0.2) is 0 Å². The van der Waals surface area contributed by atoms with Crippen molar-refractivity contribution >= 4 is 0 Å². The lowest BCUT2D eigenvalue weighted by Crippen LogP contribution is -2.40. The summed E-state index contributed by atoms with van der Waals surface area (Å²) < 4.78 is 6.15. The molecule has 0 saturated heterocycles. The molecule has 3 atom stereocenters. The number of unbranched alkanes of at least 4 members (excludes halogenated alkanes) is 4. The van der Waals surface area contributed by atoms with Crippen LogP contribution < -0.4 is 5.73 Å². The van der Waals surface area contributed by atoms with Crippen LogP contribution in [0.25, 0.3) is 0 Å². The summed E-state index contributed by atoms with van der Waals surface area (Å²) in [5.74, 6) is 0.509. The first kappa shape index (κ1) is 19.9. The van der Waals surface area contributed by atoms with E-state index in [-0.39, 0.29) is 12.1 Å². The minimum Gasteiger partial charge on any atom is -0.394 e. The highest BCUT2D eigenvalue weighted by Crippen LogP contribution is 2.40. The first-order valence-corrected chi connectivity index (χ1v) is 10.8. The third-order valence-corrected chi connectivity index (χ3v) is 6.44. The summed E-state index contributed by atoms with van der Waals surface area (Å²) in [4.78, 5) is 0. The lowest BCUT2D eigenvalue weighted by Gasteiger charge is -2.26. The van der Waals surface area contributed by atoms with Crippen molar-refractivity contribution in [3.63, 3.8) is 0 Å². The standard InChI is InChI=1S/C23H37NO2/c1-2-3-4-5-6-13-26-22-10-9-18-14-19(7-8-20(18)15-22)21-11-12-23(24,16-21)17-25/h7-8,14,21-22,25H,2-6,9-13,15-17,24H2,1H3/t21-,22?,23+/m0/s1. The normalized spacial score (nSPS) is 28.3. The molecule has 3 heteroatoms. The van der Waals surface area contributed by atoms with Crippen LogP contribution in [0, 0.1) is 0 Å². The second kappa shape index (κ2) is 9.34. The maximum atomic E-state index is 9.50. The fraction of sp³-hybridized carbons (Fsp3) is 0.739. The molecule has 0 amide bonds. The van der Waals surface area contributed by atoms with Crippen molar-refractivity contribution < 1.29 is 9.84 Å². The Kier molecular flexibility index (Phi) is 7.13. The smallest absolute Gasteiger partial charge is 0.0618 e. The van der Waals surface area contributed by atoms with Crippen molar-refractivity contribution in [3.05, 3.63) is 34.9 Å². The lowest BCUT2D eigenvalue weighted by molar-refractivity contribution is 0.0417. The Bertz CT molecular complexity index is 573. The van der Waals surface area contributed by atoms with E-state index in [0.29, 0.717) is 12.0 Å². The zero-order chi connectivity index (χ0) is 18.4. The van der Waals surface area contributed by atoms with Gasteiger partial charge in [-0.05, 0) is 67.6 Å². The molecular formula is C23H37NO2. The third kappa shape index (κ3) is 5.09. The molecule has 0 aliphatic heterocycles. The van der Waals surface area contributed by atoms with Crippen LogP contribution >= 0.6 is 0 Å². The number of benzene rings is 1. The molecule has 0 aromatic heterocycles. The quantitative estimate of drug-likeness (QED) is 0.639. The zero-order valence-electron chi connectivity index (χ0n) is 16.5. The second-order valence-electron chi connectivity index (χ2n) is 8.64. The third-order valence-electron chi connectivity index (χ3n) is 6.44. The fourth-order valence-electron chi connectivity index (χ4n) is 4.68. The lowest BCUT2D eigenvalue weighted by atomic mass is 9.85. The number of fused-ring (bicyclic) bond motifs is 1. The maximum absolute atomic E-state index is 9.50. The van der Waals surface area contributed by atoms with Crippen LogP contribution in [0.15, 0.2) is 18.2 Å². The molecule has 2 aliphatic carbocycles. The molecule has 0 heterocycles. The van der Waals surface area contributed by atoms with Gasteiger partial charge < -0.3 is 15.6 Å². The van der Waals surface area contributed by atoms with Crippen LogP contribution in [0.5, 0.6) is 0 Å². The summed E-state index contributed by atoms with van der Waals surface area (Å²) in [6, 6.07) is 7.01. The molecule has 3 N–H and O–H groups in total. The van der Waals surface area contributed by atoms with Crippen LogP contribution in [-0.4, -0.2) is 30.0 Å². The van der Waals surface area contributed by atoms with Gasteiger partial charge in [-0.2, -0.15) is 0 Å². The van der Waals surface area contributed by atoms with E-state index in [9.17, 15) is 5.11 Å². The summed E-state index contributed by atoms with van der Waals surface area (Å²) in [5.41, 5.74) is 10.3. The molecular weight excluding hydrogens is 322 g/mol. The minimum atomic E-state index is -0.364. The molecule has 1 aromatic carbocycles. The maximum Gasteiger partial charge on any atom is 0.0618 e. The molecule has 0 bridgehead atoms. The highest BCUT2D eigenvalue weighted by atomic mass is 16.5. The van der Waals surface area contributed by atoms with Gasteiger partial charge >= 0.3 is 0 Å². The van der Waals surface area contributed by atoms with Crippen LogP contribution in [0.2, 0.25) is 0 Å². The topological polar surface area (TPSA) is 55.5 Å². The number of aliphatic hydroxyl groups is 1. The van der Waals surface area contributed by atoms with E-state index in [1.165, 1.54) is 48.8 Å². The van der Waals surface area contributed by atoms with Gasteiger partial charge in [0.1, 0.15) is 0 Å². The first-order chi connectivity index (χ1) is 12.6. The Balaban J connectivity index is 1.48. The average molecular weight is 360 g/mol. The van der Waals surface area contributed by atoms with E-state index in [0.717, 1.165) is 45.1 Å². The highest BCUT2D eigenvalue weighted by molar-refractivity contribution is 5.36. The molecule has 3 rings (SSSR count). The Hall–Kier alpha value is -0.900. The summed E-state index contributed by atoms with van der Waals surface area (Å²) in [5, 5.41) is 9.50. The predicted octanol–water partition coefficient (Wildman–Crippen LogP) is 4.49. The molecule has 0 radical (unpaired) electrons.